The summed E-state index contributed by atoms with van der Waals surface area (Å²) in [4.78, 5) is 23.2. The number of hydrogen-bond donors (Lipinski definition) is 1. The topological polar surface area (TPSA) is 83.7 Å². The van der Waals surface area contributed by atoms with Crippen molar-refractivity contribution in [2.45, 2.75) is 75.8 Å². The molecule has 5 aliphatic rings. The summed E-state index contributed by atoms with van der Waals surface area (Å²) < 4.78 is 11.1. The van der Waals surface area contributed by atoms with E-state index in [0.717, 1.165) is 96.7 Å². The first-order valence-electron chi connectivity index (χ1n) is 12.4. The Balaban J connectivity index is 1.22. The summed E-state index contributed by atoms with van der Waals surface area (Å²) >= 11 is 0. The minimum absolute atomic E-state index is 0.276. The fourth-order valence-corrected chi connectivity index (χ4v) is 6.18. The van der Waals surface area contributed by atoms with Gasteiger partial charge in [0.15, 0.2) is 0 Å². The van der Waals surface area contributed by atoms with E-state index >= 15 is 0 Å². The molecule has 0 unspecified atom stereocenters. The molecule has 1 aromatic heterocycles. The standard InChI is InChI=1S/C23H35N5O3/c29-21(24-18-2-1-3-18)23-8-6-19(27-10-12-30-13-11-27)14-17(23)7-9-28(15-23)22-25-20(31-26-22)16-4-5-16/h16-19H,1-15H2,(H,24,29)/t17-,19+,23-/m1/s1. The van der Waals surface area contributed by atoms with Gasteiger partial charge in [-0.05, 0) is 68.9 Å². The van der Waals surface area contributed by atoms with Gasteiger partial charge in [0.25, 0.3) is 5.95 Å². The lowest BCUT2D eigenvalue weighted by Gasteiger charge is -2.53. The zero-order valence-electron chi connectivity index (χ0n) is 18.4. The van der Waals surface area contributed by atoms with Gasteiger partial charge < -0.3 is 19.5 Å². The number of rotatable bonds is 5. The van der Waals surface area contributed by atoms with Crippen LogP contribution in [0.25, 0.3) is 0 Å². The van der Waals surface area contributed by atoms with Gasteiger partial charge >= 0.3 is 0 Å². The predicted molar refractivity (Wildman–Crippen MR) is 115 cm³/mol. The molecule has 8 nitrogen and oxygen atoms in total. The average Bonchev–Trinajstić information content (AvgIpc) is 3.52. The second-order valence-corrected chi connectivity index (χ2v) is 10.4. The van der Waals surface area contributed by atoms with Gasteiger partial charge in [0, 0.05) is 44.2 Å². The molecular formula is C23H35N5O3. The molecule has 1 N–H and O–H groups in total. The molecule has 3 atom stereocenters. The number of ether oxygens (including phenoxy) is 1. The van der Waals surface area contributed by atoms with E-state index in [4.69, 9.17) is 14.2 Å². The smallest absolute Gasteiger partial charge is 0.266 e. The highest BCUT2D eigenvalue weighted by Crippen LogP contribution is 2.49. The van der Waals surface area contributed by atoms with Crippen LogP contribution in [-0.4, -0.2) is 72.4 Å². The van der Waals surface area contributed by atoms with E-state index in [-0.39, 0.29) is 11.3 Å². The number of amides is 1. The molecule has 2 saturated heterocycles. The molecule has 0 aromatic carbocycles. The first-order chi connectivity index (χ1) is 15.2. The number of carbonyl (C=O) groups is 1. The number of nitrogens with zero attached hydrogens (tertiary/aromatic N) is 4. The molecule has 1 aromatic rings. The van der Waals surface area contributed by atoms with Crippen molar-refractivity contribution in [3.63, 3.8) is 0 Å². The summed E-state index contributed by atoms with van der Waals surface area (Å²) in [6, 6.07) is 0.957. The van der Waals surface area contributed by atoms with Gasteiger partial charge in [-0.25, -0.2) is 0 Å². The summed E-state index contributed by atoms with van der Waals surface area (Å²) in [6.07, 6.45) is 9.96. The van der Waals surface area contributed by atoms with Crippen molar-refractivity contribution in [1.29, 1.82) is 0 Å². The normalized spacial score (nSPS) is 34.8. The van der Waals surface area contributed by atoms with Gasteiger partial charge in [-0.1, -0.05) is 0 Å². The van der Waals surface area contributed by atoms with E-state index in [1.54, 1.807) is 0 Å². The van der Waals surface area contributed by atoms with Crippen LogP contribution in [0.1, 0.15) is 69.6 Å². The van der Waals surface area contributed by atoms with Crippen molar-refractivity contribution < 1.29 is 14.1 Å². The summed E-state index contributed by atoms with van der Waals surface area (Å²) in [6.45, 7) is 5.35. The molecule has 1 amide bonds. The number of hydrogen-bond acceptors (Lipinski definition) is 7. The lowest BCUT2D eigenvalue weighted by Crippen LogP contribution is -2.62. The maximum atomic E-state index is 13.7. The minimum Gasteiger partial charge on any atom is -0.379 e. The Morgan fingerprint density at radius 1 is 1.06 bits per heavy atom. The highest BCUT2D eigenvalue weighted by atomic mass is 16.5. The van der Waals surface area contributed by atoms with Gasteiger partial charge in [-0.2, -0.15) is 4.98 Å². The van der Waals surface area contributed by atoms with Crippen LogP contribution < -0.4 is 10.2 Å². The summed E-state index contributed by atoms with van der Waals surface area (Å²) in [5.74, 6) is 2.62. The van der Waals surface area contributed by atoms with Gasteiger partial charge in [0.05, 0.1) is 18.6 Å². The van der Waals surface area contributed by atoms with Crippen molar-refractivity contribution in [3.05, 3.63) is 5.89 Å². The van der Waals surface area contributed by atoms with Gasteiger partial charge in [-0.15, -0.1) is 0 Å². The molecule has 3 aliphatic carbocycles. The van der Waals surface area contributed by atoms with Crippen LogP contribution in [0.5, 0.6) is 0 Å². The summed E-state index contributed by atoms with van der Waals surface area (Å²) in [7, 11) is 0. The molecule has 2 aliphatic heterocycles. The van der Waals surface area contributed by atoms with E-state index in [1.807, 2.05) is 0 Å². The largest absolute Gasteiger partial charge is 0.379 e. The SMILES string of the molecule is O=C(NC1CCC1)[C@@]12CC[C@H](N3CCOCC3)C[C@H]1CCN(c1noc(C3CC3)n1)C2. The minimum atomic E-state index is -0.336. The van der Waals surface area contributed by atoms with Crippen LogP contribution in [0.2, 0.25) is 0 Å². The predicted octanol–water partition coefficient (Wildman–Crippen LogP) is 2.31. The van der Waals surface area contributed by atoms with Crippen molar-refractivity contribution >= 4 is 11.9 Å². The number of carbonyl (C=O) groups excluding carboxylic acids is 1. The molecule has 31 heavy (non-hydrogen) atoms. The summed E-state index contributed by atoms with van der Waals surface area (Å²) in [5, 5.41) is 7.70. The highest BCUT2D eigenvalue weighted by Gasteiger charge is 2.53. The summed E-state index contributed by atoms with van der Waals surface area (Å²) in [5.41, 5.74) is -0.336. The number of piperidine rings is 1. The van der Waals surface area contributed by atoms with E-state index in [2.05, 4.69) is 20.3 Å². The zero-order valence-corrected chi connectivity index (χ0v) is 18.4. The second kappa shape index (κ2) is 8.03. The van der Waals surface area contributed by atoms with E-state index < -0.39 is 0 Å². The molecule has 170 valence electrons. The van der Waals surface area contributed by atoms with Crippen molar-refractivity contribution in [1.82, 2.24) is 20.4 Å². The second-order valence-electron chi connectivity index (χ2n) is 10.4. The molecule has 5 fully saturated rings. The number of aromatic nitrogens is 2. The van der Waals surface area contributed by atoms with Crippen LogP contribution in [-0.2, 0) is 9.53 Å². The number of anilines is 1. The van der Waals surface area contributed by atoms with Gasteiger partial charge in [0.1, 0.15) is 0 Å². The van der Waals surface area contributed by atoms with E-state index in [1.165, 1.54) is 6.42 Å². The number of morpholine rings is 1. The third-order valence-electron chi connectivity index (χ3n) is 8.58. The lowest BCUT2D eigenvalue weighted by atomic mass is 9.60. The van der Waals surface area contributed by atoms with Crippen LogP contribution in [0.15, 0.2) is 4.52 Å². The van der Waals surface area contributed by atoms with Crippen LogP contribution in [0.3, 0.4) is 0 Å². The van der Waals surface area contributed by atoms with Crippen LogP contribution >= 0.6 is 0 Å². The maximum absolute atomic E-state index is 13.7. The Labute approximate surface area is 184 Å². The van der Waals surface area contributed by atoms with E-state index in [0.29, 0.717) is 29.9 Å². The number of fused-ring (bicyclic) bond motifs is 1. The Bertz CT molecular complexity index is 801. The van der Waals surface area contributed by atoms with Crippen molar-refractivity contribution in [3.8, 4) is 0 Å². The molecule has 8 heteroatoms. The van der Waals surface area contributed by atoms with Gasteiger partial charge in [0.2, 0.25) is 11.8 Å². The Kier molecular flexibility index (Phi) is 5.17. The third-order valence-corrected chi connectivity index (χ3v) is 8.58. The molecular weight excluding hydrogens is 394 g/mol. The molecule has 3 saturated carbocycles. The first kappa shape index (κ1) is 20.0. The van der Waals surface area contributed by atoms with Crippen LogP contribution in [0.4, 0.5) is 5.95 Å². The lowest BCUT2D eigenvalue weighted by molar-refractivity contribution is -0.140. The average molecular weight is 430 g/mol. The van der Waals surface area contributed by atoms with Crippen molar-refractivity contribution in [2.75, 3.05) is 44.3 Å². The quantitative estimate of drug-likeness (QED) is 0.769. The highest BCUT2D eigenvalue weighted by molar-refractivity contribution is 5.84. The fraction of sp³-hybridized carbons (Fsp3) is 0.870. The Morgan fingerprint density at radius 3 is 2.65 bits per heavy atom. The monoisotopic (exact) mass is 429 g/mol. The fourth-order valence-electron chi connectivity index (χ4n) is 6.18. The van der Waals surface area contributed by atoms with Gasteiger partial charge in [-0.3, -0.25) is 9.69 Å². The zero-order chi connectivity index (χ0) is 20.8. The molecule has 3 heterocycles. The Hall–Kier alpha value is -1.67. The molecule has 6 rings (SSSR count). The van der Waals surface area contributed by atoms with Crippen LogP contribution in [0, 0.1) is 11.3 Å². The van der Waals surface area contributed by atoms with Crippen molar-refractivity contribution in [2.24, 2.45) is 11.3 Å². The maximum Gasteiger partial charge on any atom is 0.266 e. The molecule has 0 spiro atoms. The van der Waals surface area contributed by atoms with E-state index in [9.17, 15) is 4.79 Å². The third kappa shape index (κ3) is 3.75. The molecule has 0 bridgehead atoms. The molecule has 0 radical (unpaired) electrons. The Morgan fingerprint density at radius 2 is 1.90 bits per heavy atom. The first-order valence-corrected chi connectivity index (χ1v) is 12.4. The number of nitrogens with one attached hydrogen (secondary N) is 1.